The Balaban J connectivity index is 2.07. The van der Waals surface area contributed by atoms with Crippen LogP contribution in [0.15, 0.2) is 46.4 Å². The first kappa shape index (κ1) is 17.9. The van der Waals surface area contributed by atoms with E-state index >= 15 is 0 Å². The van der Waals surface area contributed by atoms with Crippen LogP contribution in [-0.4, -0.2) is 23.0 Å². The lowest BCUT2D eigenvalue weighted by molar-refractivity contribution is -0.122. The van der Waals surface area contributed by atoms with Crippen molar-refractivity contribution in [2.24, 2.45) is 0 Å². The zero-order valence-electron chi connectivity index (χ0n) is 14.0. The number of urea groups is 1. The van der Waals surface area contributed by atoms with Crippen LogP contribution in [0.4, 0.5) is 10.5 Å². The van der Waals surface area contributed by atoms with Crippen LogP contribution < -0.4 is 10.2 Å². The maximum absolute atomic E-state index is 12.9. The summed E-state index contributed by atoms with van der Waals surface area (Å²) in [4.78, 5) is 38.3. The van der Waals surface area contributed by atoms with E-state index in [-0.39, 0.29) is 11.3 Å². The quantitative estimate of drug-likeness (QED) is 0.581. The van der Waals surface area contributed by atoms with Crippen molar-refractivity contribution in [1.82, 2.24) is 5.32 Å². The first-order valence-corrected chi connectivity index (χ1v) is 8.55. The number of anilines is 1. The minimum Gasteiger partial charge on any atom is -0.507 e. The zero-order chi connectivity index (χ0) is 19.0. The van der Waals surface area contributed by atoms with E-state index in [9.17, 15) is 19.5 Å². The number of carbonyl (C=O) groups excluding carboxylic acids is 3. The normalized spacial score (nSPS) is 16.2. The van der Waals surface area contributed by atoms with Gasteiger partial charge in [0.25, 0.3) is 11.8 Å². The smallest absolute Gasteiger partial charge is 0.335 e. The lowest BCUT2D eigenvalue weighted by Gasteiger charge is -2.28. The molecule has 1 heterocycles. The Kier molecular flexibility index (Phi) is 4.65. The van der Waals surface area contributed by atoms with Crippen molar-refractivity contribution in [3.8, 4) is 5.75 Å². The second-order valence-corrected chi connectivity index (χ2v) is 6.74. The fourth-order valence-corrected chi connectivity index (χ4v) is 3.03. The summed E-state index contributed by atoms with van der Waals surface area (Å²) in [6, 6.07) is 9.07. The average Bonchev–Trinajstić information content (AvgIpc) is 2.58. The number of amides is 4. The molecule has 4 amide bonds. The highest BCUT2D eigenvalue weighted by Gasteiger charge is 2.37. The van der Waals surface area contributed by atoms with Crippen molar-refractivity contribution < 1.29 is 19.5 Å². The van der Waals surface area contributed by atoms with Gasteiger partial charge < -0.3 is 5.11 Å². The van der Waals surface area contributed by atoms with Gasteiger partial charge in [-0.15, -0.1) is 0 Å². The highest BCUT2D eigenvalue weighted by Crippen LogP contribution is 2.28. The van der Waals surface area contributed by atoms with E-state index in [4.69, 9.17) is 0 Å². The Morgan fingerprint density at radius 2 is 1.85 bits per heavy atom. The fourth-order valence-electron chi connectivity index (χ4n) is 2.63. The van der Waals surface area contributed by atoms with E-state index < -0.39 is 17.8 Å². The molecule has 0 aromatic heterocycles. The number of aromatic hydroxyl groups is 1. The molecule has 0 atom stereocenters. The number of aryl methyl sites for hydroxylation is 1. The van der Waals surface area contributed by atoms with Gasteiger partial charge in [-0.1, -0.05) is 18.2 Å². The summed E-state index contributed by atoms with van der Waals surface area (Å²) in [5.74, 6) is -1.42. The molecule has 1 aliphatic rings. The molecule has 0 aliphatic carbocycles. The first-order valence-electron chi connectivity index (χ1n) is 7.76. The van der Waals surface area contributed by atoms with E-state index in [1.54, 1.807) is 24.3 Å². The maximum Gasteiger partial charge on any atom is 0.335 e. The number of nitrogens with zero attached hydrogens (tertiary/aromatic N) is 1. The molecule has 2 N–H and O–H groups in total. The van der Waals surface area contributed by atoms with Crippen molar-refractivity contribution in [1.29, 1.82) is 0 Å². The summed E-state index contributed by atoms with van der Waals surface area (Å²) in [6.07, 6.45) is 1.38. The van der Waals surface area contributed by atoms with Gasteiger partial charge in [-0.2, -0.15) is 0 Å². The van der Waals surface area contributed by atoms with E-state index in [1.807, 2.05) is 19.9 Å². The van der Waals surface area contributed by atoms with Gasteiger partial charge in [-0.05, 0) is 70.7 Å². The molecule has 0 unspecified atom stereocenters. The molecular weight excluding hydrogens is 400 g/mol. The number of hydrogen-bond acceptors (Lipinski definition) is 4. The molecular formula is C19H15BrN2O4. The first-order chi connectivity index (χ1) is 12.3. The predicted octanol–water partition coefficient (Wildman–Crippen LogP) is 3.44. The number of hydrogen-bond donors (Lipinski definition) is 2. The van der Waals surface area contributed by atoms with Gasteiger partial charge in [0.1, 0.15) is 11.3 Å². The van der Waals surface area contributed by atoms with Crippen LogP contribution in [0.1, 0.15) is 16.7 Å². The molecule has 2 aromatic carbocycles. The Hall–Kier alpha value is -2.93. The van der Waals surface area contributed by atoms with Crippen molar-refractivity contribution in [3.63, 3.8) is 0 Å². The number of carbonyl (C=O) groups is 3. The van der Waals surface area contributed by atoms with E-state index in [0.29, 0.717) is 15.7 Å². The fraction of sp³-hybridized carbons (Fsp3) is 0.105. The zero-order valence-corrected chi connectivity index (χ0v) is 15.6. The lowest BCUT2D eigenvalue weighted by atomic mass is 10.0. The summed E-state index contributed by atoms with van der Waals surface area (Å²) in [5, 5.41) is 11.8. The summed E-state index contributed by atoms with van der Waals surface area (Å²) >= 11 is 3.19. The summed E-state index contributed by atoms with van der Waals surface area (Å²) in [5.41, 5.74) is 2.49. The number of phenols is 1. The summed E-state index contributed by atoms with van der Waals surface area (Å²) in [6.45, 7) is 3.68. The van der Waals surface area contributed by atoms with Gasteiger partial charge in [0.05, 0.1) is 10.2 Å². The molecule has 3 rings (SSSR count). The molecule has 6 nitrogen and oxygen atoms in total. The predicted molar refractivity (Wildman–Crippen MR) is 101 cm³/mol. The van der Waals surface area contributed by atoms with Crippen LogP contribution in [0.2, 0.25) is 0 Å². The van der Waals surface area contributed by atoms with Crippen molar-refractivity contribution in [3.05, 3.63) is 63.1 Å². The number of phenolic OH excluding ortho intramolecular Hbond substituents is 1. The topological polar surface area (TPSA) is 86.7 Å². The molecule has 0 saturated carbocycles. The van der Waals surface area contributed by atoms with Gasteiger partial charge in [0, 0.05) is 0 Å². The minimum atomic E-state index is -0.780. The number of benzene rings is 2. The molecule has 1 fully saturated rings. The van der Waals surface area contributed by atoms with Gasteiger partial charge in [0.2, 0.25) is 0 Å². The van der Waals surface area contributed by atoms with Gasteiger partial charge in [0.15, 0.2) is 0 Å². The SMILES string of the molecule is Cc1cccc(N2C(=O)NC(=O)/C(=C\c3ccc(O)c(Br)c3)C2=O)c1C. The molecule has 7 heteroatoms. The van der Waals surface area contributed by atoms with Gasteiger partial charge >= 0.3 is 6.03 Å². The second kappa shape index (κ2) is 6.76. The van der Waals surface area contributed by atoms with E-state index in [0.717, 1.165) is 16.0 Å². The largest absolute Gasteiger partial charge is 0.507 e. The summed E-state index contributed by atoms with van der Waals surface area (Å²) < 4.78 is 0.429. The molecule has 0 radical (unpaired) electrons. The van der Waals surface area contributed by atoms with Crippen LogP contribution in [0.25, 0.3) is 6.08 Å². The van der Waals surface area contributed by atoms with Crippen molar-refractivity contribution in [2.75, 3.05) is 4.90 Å². The standard InChI is InChI=1S/C19H15BrN2O4/c1-10-4-3-5-15(11(10)2)22-18(25)13(17(24)21-19(22)26)8-12-6-7-16(23)14(20)9-12/h3-9,23H,1-2H3,(H,21,24,26)/b13-8+. The molecule has 0 spiro atoms. The number of nitrogens with one attached hydrogen (secondary N) is 1. The van der Waals surface area contributed by atoms with E-state index in [2.05, 4.69) is 21.2 Å². The monoisotopic (exact) mass is 414 g/mol. The lowest BCUT2D eigenvalue weighted by Crippen LogP contribution is -2.54. The third-order valence-corrected chi connectivity index (χ3v) is 4.84. The molecule has 1 saturated heterocycles. The molecule has 26 heavy (non-hydrogen) atoms. The van der Waals surface area contributed by atoms with Gasteiger partial charge in [-0.25, -0.2) is 9.69 Å². The minimum absolute atomic E-state index is 0.0405. The van der Waals surface area contributed by atoms with Crippen LogP contribution >= 0.6 is 15.9 Å². The maximum atomic E-state index is 12.9. The Labute approximate surface area is 158 Å². The molecule has 1 aliphatic heterocycles. The highest BCUT2D eigenvalue weighted by molar-refractivity contribution is 9.10. The molecule has 2 aromatic rings. The third-order valence-electron chi connectivity index (χ3n) is 4.20. The van der Waals surface area contributed by atoms with E-state index in [1.165, 1.54) is 12.1 Å². The number of barbiturate groups is 1. The number of imide groups is 2. The molecule has 132 valence electrons. The van der Waals surface area contributed by atoms with Crippen LogP contribution in [-0.2, 0) is 9.59 Å². The van der Waals surface area contributed by atoms with Gasteiger partial charge in [-0.3, -0.25) is 14.9 Å². The average molecular weight is 415 g/mol. The number of halogens is 1. The summed E-state index contributed by atoms with van der Waals surface area (Å²) in [7, 11) is 0. The van der Waals surface area contributed by atoms with Crippen LogP contribution in [0.3, 0.4) is 0 Å². The van der Waals surface area contributed by atoms with Crippen LogP contribution in [0, 0.1) is 13.8 Å². The third kappa shape index (κ3) is 3.13. The molecule has 0 bridgehead atoms. The highest BCUT2D eigenvalue weighted by atomic mass is 79.9. The van der Waals surface area contributed by atoms with Crippen LogP contribution in [0.5, 0.6) is 5.75 Å². The second-order valence-electron chi connectivity index (χ2n) is 5.89. The Morgan fingerprint density at radius 1 is 1.12 bits per heavy atom. The van der Waals surface area contributed by atoms with Crippen molar-refractivity contribution >= 4 is 45.5 Å². The number of rotatable bonds is 2. The Morgan fingerprint density at radius 3 is 2.54 bits per heavy atom. The Bertz CT molecular complexity index is 981. The van der Waals surface area contributed by atoms with Crippen molar-refractivity contribution in [2.45, 2.75) is 13.8 Å².